The van der Waals surface area contributed by atoms with Gasteiger partial charge in [-0.3, -0.25) is 4.79 Å². The molecule has 3 nitrogen and oxygen atoms in total. The van der Waals surface area contributed by atoms with E-state index in [0.717, 1.165) is 12.0 Å². The maximum atomic E-state index is 12.5. The smallest absolute Gasteiger partial charge is 0.197 e. The SMILES string of the molecule is COc1cc(Cl)cc2oc(-c3ccc(CC(C)C)cc3)cc(=O)c12. The minimum atomic E-state index is -0.147. The van der Waals surface area contributed by atoms with Crippen LogP contribution < -0.4 is 10.2 Å². The molecule has 0 unspecified atom stereocenters. The highest BCUT2D eigenvalue weighted by Gasteiger charge is 2.13. The summed E-state index contributed by atoms with van der Waals surface area (Å²) in [6, 6.07) is 12.8. The lowest BCUT2D eigenvalue weighted by atomic mass is 10.0. The van der Waals surface area contributed by atoms with E-state index in [9.17, 15) is 4.79 Å². The lowest BCUT2D eigenvalue weighted by molar-refractivity contribution is 0.419. The Kier molecular flexibility index (Phi) is 4.63. The Morgan fingerprint density at radius 3 is 2.46 bits per heavy atom. The Bertz CT molecular complexity index is 924. The van der Waals surface area contributed by atoms with Crippen molar-refractivity contribution in [2.75, 3.05) is 7.11 Å². The van der Waals surface area contributed by atoms with Crippen LogP contribution in [0.2, 0.25) is 5.02 Å². The fourth-order valence-corrected chi connectivity index (χ4v) is 3.00. The summed E-state index contributed by atoms with van der Waals surface area (Å²) in [6.45, 7) is 4.38. The lowest BCUT2D eigenvalue weighted by Gasteiger charge is -2.09. The minimum Gasteiger partial charge on any atom is -0.496 e. The van der Waals surface area contributed by atoms with Gasteiger partial charge in [0.05, 0.1) is 7.11 Å². The fourth-order valence-electron chi connectivity index (χ4n) is 2.80. The van der Waals surface area contributed by atoms with Crippen molar-refractivity contribution in [3.63, 3.8) is 0 Å². The first-order valence-electron chi connectivity index (χ1n) is 7.88. The fraction of sp³-hybridized carbons (Fsp3) is 0.250. The van der Waals surface area contributed by atoms with Crippen molar-refractivity contribution in [3.05, 3.63) is 63.3 Å². The van der Waals surface area contributed by atoms with Crippen molar-refractivity contribution in [2.24, 2.45) is 5.92 Å². The molecule has 0 fully saturated rings. The van der Waals surface area contributed by atoms with Gasteiger partial charge in [0.15, 0.2) is 5.43 Å². The number of hydrogen-bond acceptors (Lipinski definition) is 3. The van der Waals surface area contributed by atoms with Gasteiger partial charge in [-0.25, -0.2) is 0 Å². The van der Waals surface area contributed by atoms with E-state index in [1.54, 1.807) is 12.1 Å². The van der Waals surface area contributed by atoms with E-state index >= 15 is 0 Å². The summed E-state index contributed by atoms with van der Waals surface area (Å²) in [5, 5.41) is 0.869. The summed E-state index contributed by atoms with van der Waals surface area (Å²) >= 11 is 6.08. The van der Waals surface area contributed by atoms with Crippen LogP contribution in [-0.2, 0) is 6.42 Å². The molecule has 0 saturated carbocycles. The molecule has 0 aliphatic rings. The van der Waals surface area contributed by atoms with E-state index in [2.05, 4.69) is 26.0 Å². The van der Waals surface area contributed by atoms with Gasteiger partial charge in [0.2, 0.25) is 0 Å². The van der Waals surface area contributed by atoms with Gasteiger partial charge >= 0.3 is 0 Å². The van der Waals surface area contributed by atoms with Gasteiger partial charge in [0.1, 0.15) is 22.5 Å². The van der Waals surface area contributed by atoms with Crippen molar-refractivity contribution in [1.29, 1.82) is 0 Å². The average molecular weight is 343 g/mol. The topological polar surface area (TPSA) is 39.4 Å². The number of ether oxygens (including phenoxy) is 1. The number of benzene rings is 2. The summed E-state index contributed by atoms with van der Waals surface area (Å²) < 4.78 is 11.2. The van der Waals surface area contributed by atoms with Crippen molar-refractivity contribution in [2.45, 2.75) is 20.3 Å². The molecule has 3 aromatic rings. The van der Waals surface area contributed by atoms with Crippen LogP contribution in [0.3, 0.4) is 0 Å². The Morgan fingerprint density at radius 1 is 1.12 bits per heavy atom. The largest absolute Gasteiger partial charge is 0.496 e. The van der Waals surface area contributed by atoms with E-state index in [-0.39, 0.29) is 5.43 Å². The number of hydrogen-bond donors (Lipinski definition) is 0. The first-order valence-corrected chi connectivity index (χ1v) is 8.26. The molecule has 1 heterocycles. The molecule has 0 amide bonds. The average Bonchev–Trinajstić information content (AvgIpc) is 2.53. The van der Waals surface area contributed by atoms with Gasteiger partial charge < -0.3 is 9.15 Å². The highest BCUT2D eigenvalue weighted by molar-refractivity contribution is 6.31. The Balaban J connectivity index is 2.09. The molecule has 124 valence electrons. The predicted octanol–water partition coefficient (Wildman–Crippen LogP) is 5.32. The molecule has 0 N–H and O–H groups in total. The summed E-state index contributed by atoms with van der Waals surface area (Å²) in [5.74, 6) is 1.54. The maximum absolute atomic E-state index is 12.5. The number of halogens is 1. The van der Waals surface area contributed by atoms with Gasteiger partial charge in [-0.1, -0.05) is 49.7 Å². The molecule has 2 aromatic carbocycles. The van der Waals surface area contributed by atoms with Crippen molar-refractivity contribution in [3.8, 4) is 17.1 Å². The molecule has 0 spiro atoms. The molecular formula is C20H19ClO3. The highest BCUT2D eigenvalue weighted by Crippen LogP contribution is 2.30. The van der Waals surface area contributed by atoms with E-state index in [4.69, 9.17) is 20.8 Å². The molecular weight excluding hydrogens is 324 g/mol. The Morgan fingerprint density at radius 2 is 1.83 bits per heavy atom. The Labute approximate surface area is 145 Å². The van der Waals surface area contributed by atoms with Crippen LogP contribution in [-0.4, -0.2) is 7.11 Å². The van der Waals surface area contributed by atoms with Crippen molar-refractivity contribution < 1.29 is 9.15 Å². The second kappa shape index (κ2) is 6.70. The normalized spacial score (nSPS) is 11.2. The minimum absolute atomic E-state index is 0.147. The van der Waals surface area contributed by atoms with Crippen molar-refractivity contribution in [1.82, 2.24) is 0 Å². The second-order valence-corrected chi connectivity index (χ2v) is 6.69. The van der Waals surface area contributed by atoms with E-state index in [1.165, 1.54) is 18.7 Å². The van der Waals surface area contributed by atoms with Crippen LogP contribution >= 0.6 is 11.6 Å². The number of methoxy groups -OCH3 is 1. The molecule has 0 radical (unpaired) electrons. The molecule has 0 aliphatic heterocycles. The van der Waals surface area contributed by atoms with Gasteiger partial charge in [-0.05, 0) is 24.0 Å². The van der Waals surface area contributed by atoms with Crippen LogP contribution in [0.25, 0.3) is 22.3 Å². The standard InChI is InChI=1S/C20H19ClO3/c1-12(2)8-13-4-6-14(7-5-13)17-11-16(22)20-18(23-3)9-15(21)10-19(20)24-17/h4-7,9-12H,8H2,1-3H3. The lowest BCUT2D eigenvalue weighted by Crippen LogP contribution is -2.03. The van der Waals surface area contributed by atoms with E-state index in [0.29, 0.717) is 33.4 Å². The van der Waals surface area contributed by atoms with E-state index < -0.39 is 0 Å². The molecule has 0 bridgehead atoms. The monoisotopic (exact) mass is 342 g/mol. The van der Waals surface area contributed by atoms with Crippen LogP contribution in [0.4, 0.5) is 0 Å². The molecule has 1 aromatic heterocycles. The van der Waals surface area contributed by atoms with Crippen LogP contribution in [0.15, 0.2) is 51.7 Å². The maximum Gasteiger partial charge on any atom is 0.197 e. The van der Waals surface area contributed by atoms with Gasteiger partial charge in [0, 0.05) is 22.7 Å². The van der Waals surface area contributed by atoms with Crippen molar-refractivity contribution >= 4 is 22.6 Å². The molecule has 4 heteroatoms. The third kappa shape index (κ3) is 3.31. The number of fused-ring (bicyclic) bond motifs is 1. The summed E-state index contributed by atoms with van der Waals surface area (Å²) in [6.07, 6.45) is 1.02. The van der Waals surface area contributed by atoms with Crippen LogP contribution in [0.1, 0.15) is 19.4 Å². The van der Waals surface area contributed by atoms with Gasteiger partial charge in [-0.2, -0.15) is 0 Å². The molecule has 24 heavy (non-hydrogen) atoms. The van der Waals surface area contributed by atoms with Gasteiger partial charge in [-0.15, -0.1) is 0 Å². The zero-order valence-electron chi connectivity index (χ0n) is 13.9. The molecule has 3 rings (SSSR count). The zero-order valence-corrected chi connectivity index (χ0v) is 14.7. The highest BCUT2D eigenvalue weighted by atomic mass is 35.5. The van der Waals surface area contributed by atoms with E-state index in [1.807, 2.05) is 12.1 Å². The third-order valence-electron chi connectivity index (χ3n) is 3.86. The summed E-state index contributed by atoms with van der Waals surface area (Å²) in [4.78, 5) is 12.5. The summed E-state index contributed by atoms with van der Waals surface area (Å²) in [5.41, 5.74) is 2.40. The Hall–Kier alpha value is -2.26. The third-order valence-corrected chi connectivity index (χ3v) is 4.08. The second-order valence-electron chi connectivity index (χ2n) is 6.25. The first-order chi connectivity index (χ1) is 11.5. The van der Waals surface area contributed by atoms with Crippen LogP contribution in [0.5, 0.6) is 5.75 Å². The molecule has 0 aliphatic carbocycles. The predicted molar refractivity (Wildman–Crippen MR) is 98.0 cm³/mol. The molecule has 0 atom stereocenters. The van der Waals surface area contributed by atoms with Crippen LogP contribution in [0, 0.1) is 5.92 Å². The zero-order chi connectivity index (χ0) is 17.3. The quantitative estimate of drug-likeness (QED) is 0.644. The summed E-state index contributed by atoms with van der Waals surface area (Å²) in [7, 11) is 1.51. The number of rotatable bonds is 4. The molecule has 0 saturated heterocycles. The van der Waals surface area contributed by atoms with Gasteiger partial charge in [0.25, 0.3) is 0 Å². The first kappa shape index (κ1) is 16.6.